The molecular weight excluding hydrogens is 252 g/mol. The number of rotatable bonds is 2. The highest BCUT2D eigenvalue weighted by molar-refractivity contribution is 6.02. The van der Waals surface area contributed by atoms with Crippen LogP contribution in [0.15, 0.2) is 30.0 Å². The Morgan fingerprint density at radius 3 is 2.79 bits per heavy atom. The lowest BCUT2D eigenvalue weighted by Gasteiger charge is -2.18. The van der Waals surface area contributed by atoms with Crippen LogP contribution in [0.5, 0.6) is 11.5 Å². The van der Waals surface area contributed by atoms with Crippen LogP contribution >= 0.6 is 0 Å². The van der Waals surface area contributed by atoms with E-state index < -0.39 is 11.9 Å². The van der Waals surface area contributed by atoms with Gasteiger partial charge in [-0.15, -0.1) is 0 Å². The summed E-state index contributed by atoms with van der Waals surface area (Å²) in [6.07, 6.45) is 0.728. The Kier molecular flexibility index (Phi) is 3.33. The van der Waals surface area contributed by atoms with Crippen LogP contribution in [0.4, 0.5) is 0 Å². The number of carbonyl (C=O) groups is 3. The summed E-state index contributed by atoms with van der Waals surface area (Å²) in [5.41, 5.74) is 0.332. The summed E-state index contributed by atoms with van der Waals surface area (Å²) < 4.78 is 10.2. The summed E-state index contributed by atoms with van der Waals surface area (Å²) in [5.74, 6) is -1.47. The lowest BCUT2D eigenvalue weighted by atomic mass is 10.0. The van der Waals surface area contributed by atoms with Gasteiger partial charge < -0.3 is 14.6 Å². The fourth-order valence-corrected chi connectivity index (χ4v) is 1.70. The summed E-state index contributed by atoms with van der Waals surface area (Å²) in [5, 5.41) is 8.64. The third kappa shape index (κ3) is 2.98. The van der Waals surface area contributed by atoms with Crippen LogP contribution in [-0.2, 0) is 9.59 Å². The molecule has 0 atom stereocenters. The van der Waals surface area contributed by atoms with E-state index in [0.29, 0.717) is 5.56 Å². The van der Waals surface area contributed by atoms with Crippen molar-refractivity contribution in [3.05, 3.63) is 35.6 Å². The molecule has 0 unspecified atom stereocenters. The van der Waals surface area contributed by atoms with Gasteiger partial charge >= 0.3 is 11.9 Å². The number of carboxylic acid groups (broad SMARTS) is 1. The van der Waals surface area contributed by atoms with Crippen molar-refractivity contribution in [2.75, 3.05) is 0 Å². The van der Waals surface area contributed by atoms with Crippen molar-refractivity contribution in [1.82, 2.24) is 0 Å². The SMILES string of the molecule is CC(=O)Oc1ccc2c(c1)OC(=CC(=O)O)CC2=O. The molecule has 19 heavy (non-hydrogen) atoms. The van der Waals surface area contributed by atoms with E-state index in [1.807, 2.05) is 0 Å². The molecule has 1 heterocycles. The first-order valence-corrected chi connectivity index (χ1v) is 5.42. The Hall–Kier alpha value is -2.63. The molecule has 1 N–H and O–H groups in total. The van der Waals surface area contributed by atoms with E-state index in [4.69, 9.17) is 14.6 Å². The zero-order valence-corrected chi connectivity index (χ0v) is 10.0. The van der Waals surface area contributed by atoms with E-state index >= 15 is 0 Å². The molecule has 1 aromatic rings. The van der Waals surface area contributed by atoms with E-state index in [0.717, 1.165) is 6.08 Å². The van der Waals surface area contributed by atoms with Crippen LogP contribution in [0.25, 0.3) is 0 Å². The summed E-state index contributed by atoms with van der Waals surface area (Å²) >= 11 is 0. The molecule has 1 aliphatic heterocycles. The summed E-state index contributed by atoms with van der Waals surface area (Å²) in [6.45, 7) is 1.25. The first-order valence-electron chi connectivity index (χ1n) is 5.42. The van der Waals surface area contributed by atoms with Gasteiger partial charge in [-0.05, 0) is 12.1 Å². The predicted molar refractivity (Wildman–Crippen MR) is 63.0 cm³/mol. The van der Waals surface area contributed by atoms with Gasteiger partial charge in [0.05, 0.1) is 18.1 Å². The molecule has 1 aromatic carbocycles. The van der Waals surface area contributed by atoms with Crippen LogP contribution < -0.4 is 9.47 Å². The number of aliphatic carboxylic acids is 1. The Morgan fingerprint density at radius 2 is 2.16 bits per heavy atom. The van der Waals surface area contributed by atoms with Crippen molar-refractivity contribution in [3.63, 3.8) is 0 Å². The third-order valence-corrected chi connectivity index (χ3v) is 2.38. The van der Waals surface area contributed by atoms with Gasteiger partial charge in [-0.2, -0.15) is 0 Å². The van der Waals surface area contributed by atoms with Crippen molar-refractivity contribution >= 4 is 17.7 Å². The number of ether oxygens (including phenoxy) is 2. The normalized spacial score (nSPS) is 15.6. The topological polar surface area (TPSA) is 89.9 Å². The van der Waals surface area contributed by atoms with E-state index in [1.54, 1.807) is 0 Å². The third-order valence-electron chi connectivity index (χ3n) is 2.38. The van der Waals surface area contributed by atoms with Gasteiger partial charge in [0.1, 0.15) is 17.3 Å². The number of hydrogen-bond acceptors (Lipinski definition) is 5. The van der Waals surface area contributed by atoms with Gasteiger partial charge in [0.2, 0.25) is 0 Å². The number of fused-ring (bicyclic) bond motifs is 1. The molecule has 0 aromatic heterocycles. The number of carboxylic acids is 1. The second-order valence-corrected chi connectivity index (χ2v) is 3.90. The summed E-state index contributed by atoms with van der Waals surface area (Å²) in [6, 6.07) is 4.34. The lowest BCUT2D eigenvalue weighted by Crippen LogP contribution is -2.15. The highest BCUT2D eigenvalue weighted by Crippen LogP contribution is 2.32. The van der Waals surface area contributed by atoms with Gasteiger partial charge in [0.25, 0.3) is 0 Å². The van der Waals surface area contributed by atoms with Crippen LogP contribution in [0.2, 0.25) is 0 Å². The fourth-order valence-electron chi connectivity index (χ4n) is 1.70. The number of allylic oxidation sites excluding steroid dienone is 1. The smallest absolute Gasteiger partial charge is 0.331 e. The Labute approximate surface area is 108 Å². The number of hydrogen-bond donors (Lipinski definition) is 1. The van der Waals surface area contributed by atoms with E-state index in [-0.39, 0.29) is 29.5 Å². The number of Topliss-reactive ketones (excluding diaryl/α,β-unsaturated/α-hetero) is 1. The van der Waals surface area contributed by atoms with Crippen molar-refractivity contribution in [2.45, 2.75) is 13.3 Å². The highest BCUT2D eigenvalue weighted by Gasteiger charge is 2.23. The van der Waals surface area contributed by atoms with Crippen molar-refractivity contribution in [3.8, 4) is 11.5 Å². The molecule has 6 heteroatoms. The summed E-state index contributed by atoms with van der Waals surface area (Å²) in [7, 11) is 0. The van der Waals surface area contributed by atoms with Gasteiger partial charge in [0, 0.05) is 13.0 Å². The minimum absolute atomic E-state index is 0.0463. The molecule has 0 amide bonds. The Morgan fingerprint density at radius 1 is 1.42 bits per heavy atom. The quantitative estimate of drug-likeness (QED) is 0.494. The van der Waals surface area contributed by atoms with Gasteiger partial charge in [0.15, 0.2) is 5.78 Å². The molecule has 0 bridgehead atoms. The predicted octanol–water partition coefficient (Wildman–Crippen LogP) is 1.55. The maximum absolute atomic E-state index is 11.8. The number of ketones is 1. The molecule has 1 aliphatic rings. The monoisotopic (exact) mass is 262 g/mol. The van der Waals surface area contributed by atoms with Crippen LogP contribution in [-0.4, -0.2) is 22.8 Å². The van der Waals surface area contributed by atoms with Crippen LogP contribution in [0.3, 0.4) is 0 Å². The van der Waals surface area contributed by atoms with Crippen LogP contribution in [0.1, 0.15) is 23.7 Å². The minimum atomic E-state index is -1.19. The highest BCUT2D eigenvalue weighted by atomic mass is 16.5. The Bertz CT molecular complexity index is 599. The van der Waals surface area contributed by atoms with Crippen molar-refractivity contribution < 1.29 is 29.0 Å². The van der Waals surface area contributed by atoms with Gasteiger partial charge in [-0.1, -0.05) is 0 Å². The van der Waals surface area contributed by atoms with Crippen molar-refractivity contribution in [2.24, 2.45) is 0 Å². The maximum Gasteiger partial charge on any atom is 0.331 e. The standard InChI is InChI=1S/C13H10O6/c1-7(14)18-8-2-3-10-11(15)4-9(6-13(16)17)19-12(10)5-8/h2-3,5-6H,4H2,1H3,(H,16,17). The van der Waals surface area contributed by atoms with E-state index in [1.165, 1.54) is 25.1 Å². The largest absolute Gasteiger partial charge is 0.478 e. The van der Waals surface area contributed by atoms with Gasteiger partial charge in [-0.25, -0.2) is 4.79 Å². The molecule has 0 aliphatic carbocycles. The number of carbonyl (C=O) groups excluding carboxylic acids is 2. The first-order chi connectivity index (χ1) is 8.95. The Balaban J connectivity index is 2.35. The second-order valence-electron chi connectivity index (χ2n) is 3.90. The zero-order valence-electron chi connectivity index (χ0n) is 10.0. The van der Waals surface area contributed by atoms with E-state index in [9.17, 15) is 14.4 Å². The van der Waals surface area contributed by atoms with Crippen LogP contribution in [0, 0.1) is 0 Å². The molecule has 0 radical (unpaired) electrons. The minimum Gasteiger partial charge on any atom is -0.478 e. The van der Waals surface area contributed by atoms with Crippen molar-refractivity contribution in [1.29, 1.82) is 0 Å². The number of benzene rings is 1. The molecule has 0 saturated carbocycles. The second kappa shape index (κ2) is 4.93. The maximum atomic E-state index is 11.8. The molecule has 0 spiro atoms. The zero-order chi connectivity index (χ0) is 14.0. The molecular formula is C13H10O6. The first kappa shape index (κ1) is 12.8. The molecule has 2 rings (SSSR count). The van der Waals surface area contributed by atoms with E-state index in [2.05, 4.69) is 0 Å². The lowest BCUT2D eigenvalue weighted by molar-refractivity contribution is -0.132. The summed E-state index contributed by atoms with van der Waals surface area (Å²) in [4.78, 5) is 33.2. The van der Waals surface area contributed by atoms with Gasteiger partial charge in [-0.3, -0.25) is 9.59 Å². The average molecular weight is 262 g/mol. The number of esters is 1. The molecule has 6 nitrogen and oxygen atoms in total. The fraction of sp³-hybridized carbons (Fsp3) is 0.154. The molecule has 0 fully saturated rings. The molecule has 0 saturated heterocycles. The molecule has 98 valence electrons. The average Bonchev–Trinajstić information content (AvgIpc) is 2.26.